The topological polar surface area (TPSA) is 89.3 Å². The van der Waals surface area contributed by atoms with Gasteiger partial charge in [0.2, 0.25) is 11.7 Å². The van der Waals surface area contributed by atoms with Crippen molar-refractivity contribution in [2.75, 3.05) is 11.9 Å². The van der Waals surface area contributed by atoms with E-state index < -0.39 is 0 Å². The number of guanidine groups is 1. The van der Waals surface area contributed by atoms with Gasteiger partial charge in [-0.15, -0.1) is 0 Å². The number of aromatic nitrogens is 2. The number of benzene rings is 2. The van der Waals surface area contributed by atoms with Crippen molar-refractivity contribution in [1.82, 2.24) is 10.1 Å². The molecule has 0 spiro atoms. The Hall–Kier alpha value is -3.15. The largest absolute Gasteiger partial charge is 0.370 e. The Kier molecular flexibility index (Phi) is 5.31. The lowest BCUT2D eigenvalue weighted by molar-refractivity contribution is 0.361. The van der Waals surface area contributed by atoms with E-state index in [1.165, 1.54) is 11.1 Å². The molecular weight excluding hydrogens is 326 g/mol. The lowest BCUT2D eigenvalue weighted by atomic mass is 10.1. The SMILES string of the molecule is Cc1cc(C)cc(NC(N)=NCC(C)c2nc(-c3ccccc3)no2)c1. The second kappa shape index (κ2) is 7.82. The Morgan fingerprint density at radius 1 is 1.15 bits per heavy atom. The average molecular weight is 349 g/mol. The number of anilines is 1. The number of nitrogens with two attached hydrogens (primary N) is 1. The van der Waals surface area contributed by atoms with Crippen molar-refractivity contribution in [1.29, 1.82) is 0 Å². The molecule has 0 radical (unpaired) electrons. The number of nitrogens with zero attached hydrogens (tertiary/aromatic N) is 3. The fraction of sp³-hybridized carbons (Fsp3) is 0.250. The van der Waals surface area contributed by atoms with Gasteiger partial charge in [-0.3, -0.25) is 4.99 Å². The van der Waals surface area contributed by atoms with E-state index >= 15 is 0 Å². The molecule has 6 heteroatoms. The zero-order chi connectivity index (χ0) is 18.5. The third kappa shape index (κ3) is 4.47. The Balaban J connectivity index is 1.63. The predicted octanol–water partition coefficient (Wildman–Crippen LogP) is 3.88. The van der Waals surface area contributed by atoms with Crippen LogP contribution >= 0.6 is 0 Å². The maximum absolute atomic E-state index is 6.00. The number of rotatable bonds is 5. The van der Waals surface area contributed by atoms with Gasteiger partial charge in [0.1, 0.15) is 0 Å². The second-order valence-electron chi connectivity index (χ2n) is 6.45. The van der Waals surface area contributed by atoms with Crippen molar-refractivity contribution in [2.24, 2.45) is 10.7 Å². The van der Waals surface area contributed by atoms with Crippen molar-refractivity contribution in [3.63, 3.8) is 0 Å². The van der Waals surface area contributed by atoms with Crippen LogP contribution in [0.2, 0.25) is 0 Å². The highest BCUT2D eigenvalue weighted by atomic mass is 16.5. The van der Waals surface area contributed by atoms with Crippen LogP contribution in [0.15, 0.2) is 58.0 Å². The summed E-state index contributed by atoms with van der Waals surface area (Å²) in [6, 6.07) is 15.9. The molecule has 2 aromatic carbocycles. The summed E-state index contributed by atoms with van der Waals surface area (Å²) < 4.78 is 5.37. The molecule has 1 heterocycles. The Morgan fingerprint density at radius 3 is 2.54 bits per heavy atom. The molecule has 0 fully saturated rings. The number of hydrogen-bond acceptors (Lipinski definition) is 4. The van der Waals surface area contributed by atoms with Crippen LogP contribution in [0.25, 0.3) is 11.4 Å². The van der Waals surface area contributed by atoms with Crippen molar-refractivity contribution in [3.05, 3.63) is 65.5 Å². The van der Waals surface area contributed by atoms with E-state index in [1.54, 1.807) is 0 Å². The van der Waals surface area contributed by atoms with E-state index in [2.05, 4.69) is 26.5 Å². The third-order valence-electron chi connectivity index (χ3n) is 3.92. The minimum absolute atomic E-state index is 0.0282. The molecule has 0 aliphatic rings. The van der Waals surface area contributed by atoms with Gasteiger partial charge in [-0.25, -0.2) is 0 Å². The number of aryl methyl sites for hydroxylation is 2. The summed E-state index contributed by atoms with van der Waals surface area (Å²) in [6.45, 7) is 6.54. The van der Waals surface area contributed by atoms with Crippen molar-refractivity contribution >= 4 is 11.6 Å². The smallest absolute Gasteiger partial charge is 0.231 e. The van der Waals surface area contributed by atoms with Gasteiger partial charge in [0, 0.05) is 11.3 Å². The minimum atomic E-state index is -0.0282. The molecule has 134 valence electrons. The first-order chi connectivity index (χ1) is 12.5. The summed E-state index contributed by atoms with van der Waals surface area (Å²) in [5.74, 6) is 1.47. The quantitative estimate of drug-likeness (QED) is 0.539. The van der Waals surface area contributed by atoms with E-state index in [9.17, 15) is 0 Å². The van der Waals surface area contributed by atoms with E-state index in [1.807, 2.05) is 63.2 Å². The highest BCUT2D eigenvalue weighted by Gasteiger charge is 2.15. The molecule has 0 saturated heterocycles. The summed E-state index contributed by atoms with van der Waals surface area (Å²) in [7, 11) is 0. The normalized spacial score (nSPS) is 12.8. The van der Waals surface area contributed by atoms with E-state index in [4.69, 9.17) is 10.3 Å². The Labute approximate surface area is 153 Å². The predicted molar refractivity (Wildman–Crippen MR) is 104 cm³/mol. The van der Waals surface area contributed by atoms with Gasteiger partial charge in [-0.1, -0.05) is 48.5 Å². The van der Waals surface area contributed by atoms with E-state index in [0.717, 1.165) is 11.3 Å². The van der Waals surface area contributed by atoms with Crippen LogP contribution < -0.4 is 11.1 Å². The summed E-state index contributed by atoms with van der Waals surface area (Å²) >= 11 is 0. The first-order valence-electron chi connectivity index (χ1n) is 8.55. The first kappa shape index (κ1) is 17.7. The third-order valence-corrected chi connectivity index (χ3v) is 3.92. The van der Waals surface area contributed by atoms with Crippen LogP contribution in [0.3, 0.4) is 0 Å². The van der Waals surface area contributed by atoms with E-state index in [-0.39, 0.29) is 5.92 Å². The zero-order valence-electron chi connectivity index (χ0n) is 15.2. The fourth-order valence-electron chi connectivity index (χ4n) is 2.69. The molecule has 1 aromatic heterocycles. The Morgan fingerprint density at radius 2 is 1.85 bits per heavy atom. The molecule has 0 aliphatic heterocycles. The lowest BCUT2D eigenvalue weighted by Gasteiger charge is -2.09. The molecule has 0 saturated carbocycles. The monoisotopic (exact) mass is 349 g/mol. The van der Waals surface area contributed by atoms with Gasteiger partial charge >= 0.3 is 0 Å². The molecular formula is C20H23N5O. The summed E-state index contributed by atoms with van der Waals surface area (Å²) in [4.78, 5) is 8.85. The maximum Gasteiger partial charge on any atom is 0.231 e. The molecule has 3 aromatic rings. The Bertz CT molecular complexity index is 881. The summed E-state index contributed by atoms with van der Waals surface area (Å²) in [5.41, 5.74) is 10.2. The molecule has 0 amide bonds. The fourth-order valence-corrected chi connectivity index (χ4v) is 2.69. The minimum Gasteiger partial charge on any atom is -0.370 e. The van der Waals surface area contributed by atoms with Crippen LogP contribution in [-0.4, -0.2) is 22.6 Å². The molecule has 3 rings (SSSR count). The maximum atomic E-state index is 6.00. The molecule has 1 atom stereocenters. The number of hydrogen-bond donors (Lipinski definition) is 2. The van der Waals surface area contributed by atoms with Crippen molar-refractivity contribution in [2.45, 2.75) is 26.7 Å². The van der Waals surface area contributed by atoms with Crippen molar-refractivity contribution < 1.29 is 4.52 Å². The van der Waals surface area contributed by atoms with Crippen LogP contribution in [0.5, 0.6) is 0 Å². The highest BCUT2D eigenvalue weighted by Crippen LogP contribution is 2.19. The summed E-state index contributed by atoms with van der Waals surface area (Å²) in [5, 5.41) is 7.16. The van der Waals surface area contributed by atoms with Crippen LogP contribution in [0.1, 0.15) is 29.9 Å². The summed E-state index contributed by atoms with van der Waals surface area (Å²) in [6.07, 6.45) is 0. The zero-order valence-corrected chi connectivity index (χ0v) is 15.2. The first-order valence-corrected chi connectivity index (χ1v) is 8.55. The van der Waals surface area contributed by atoms with Crippen LogP contribution in [0, 0.1) is 13.8 Å². The molecule has 0 aliphatic carbocycles. The molecule has 1 unspecified atom stereocenters. The standard InChI is InChI=1S/C20H23N5O/c1-13-9-14(2)11-17(10-13)23-20(21)22-12-15(3)19-24-18(25-26-19)16-7-5-4-6-8-16/h4-11,15H,12H2,1-3H3,(H3,21,22,23). The number of nitrogens with one attached hydrogen (secondary N) is 1. The van der Waals surface area contributed by atoms with Gasteiger partial charge in [0.25, 0.3) is 0 Å². The van der Waals surface area contributed by atoms with Crippen LogP contribution in [0.4, 0.5) is 5.69 Å². The van der Waals surface area contributed by atoms with Crippen molar-refractivity contribution in [3.8, 4) is 11.4 Å². The van der Waals surface area contributed by atoms with E-state index in [0.29, 0.717) is 24.2 Å². The highest BCUT2D eigenvalue weighted by molar-refractivity contribution is 5.92. The van der Waals surface area contributed by atoms with Gasteiger partial charge in [0.05, 0.1) is 12.5 Å². The lowest BCUT2D eigenvalue weighted by Crippen LogP contribution is -2.23. The number of aliphatic imine (C=N–C) groups is 1. The molecule has 26 heavy (non-hydrogen) atoms. The second-order valence-corrected chi connectivity index (χ2v) is 6.45. The van der Waals surface area contributed by atoms with Gasteiger partial charge in [-0.2, -0.15) is 4.98 Å². The van der Waals surface area contributed by atoms with Crippen LogP contribution in [-0.2, 0) is 0 Å². The molecule has 6 nitrogen and oxygen atoms in total. The average Bonchev–Trinajstić information content (AvgIpc) is 3.10. The van der Waals surface area contributed by atoms with Gasteiger partial charge in [-0.05, 0) is 37.1 Å². The van der Waals surface area contributed by atoms with Gasteiger partial charge in [0.15, 0.2) is 5.96 Å². The molecule has 3 N–H and O–H groups in total. The van der Waals surface area contributed by atoms with Gasteiger partial charge < -0.3 is 15.6 Å². The molecule has 0 bridgehead atoms.